The van der Waals surface area contributed by atoms with E-state index in [9.17, 15) is 24.0 Å². The van der Waals surface area contributed by atoms with Crippen molar-refractivity contribution in [3.8, 4) is 0 Å². The molecule has 0 aromatic carbocycles. The largest absolute Gasteiger partial charge is 0.349 e. The van der Waals surface area contributed by atoms with Crippen molar-refractivity contribution in [1.82, 2.24) is 25.8 Å². The maximum atomic E-state index is 13.0. The Morgan fingerprint density at radius 2 is 2.00 bits per heavy atom. The molecule has 2 aliphatic heterocycles. The Balaban J connectivity index is 1.76. The van der Waals surface area contributed by atoms with E-state index >= 15 is 0 Å². The van der Waals surface area contributed by atoms with Crippen LogP contribution in [0.3, 0.4) is 0 Å². The van der Waals surface area contributed by atoms with E-state index in [2.05, 4.69) is 16.0 Å². The SMILES string of the molecule is CCN1CCN(C(=O)NC(C(=O)NC2(OC)CNC2=O)C2=CCCCC2)C(=O)C1=O. The van der Waals surface area contributed by atoms with Gasteiger partial charge in [0.05, 0.1) is 6.54 Å². The van der Waals surface area contributed by atoms with Gasteiger partial charge in [0.25, 0.3) is 5.91 Å². The van der Waals surface area contributed by atoms with E-state index in [1.54, 1.807) is 6.92 Å². The summed E-state index contributed by atoms with van der Waals surface area (Å²) in [6.45, 7) is 2.51. The number of carbonyl (C=O) groups is 5. The van der Waals surface area contributed by atoms with E-state index in [4.69, 9.17) is 4.74 Å². The van der Waals surface area contributed by atoms with Gasteiger partial charge < -0.3 is 25.6 Å². The number of nitrogens with zero attached hydrogens (tertiary/aromatic N) is 2. The molecule has 0 aromatic heterocycles. The highest BCUT2D eigenvalue weighted by Gasteiger charge is 2.49. The maximum Gasteiger partial charge on any atom is 0.325 e. The minimum atomic E-state index is -1.48. The number of ether oxygens (including phenoxy) is 1. The van der Waals surface area contributed by atoms with Crippen LogP contribution in [0.2, 0.25) is 0 Å². The van der Waals surface area contributed by atoms with Gasteiger partial charge in [-0.25, -0.2) is 4.79 Å². The summed E-state index contributed by atoms with van der Waals surface area (Å²) in [6.07, 6.45) is 5.07. The second-order valence-electron chi connectivity index (χ2n) is 7.45. The van der Waals surface area contributed by atoms with Gasteiger partial charge in [0.2, 0.25) is 11.6 Å². The summed E-state index contributed by atoms with van der Waals surface area (Å²) in [4.78, 5) is 64.3. The number of allylic oxidation sites excluding steroid dienone is 1. The number of carbonyl (C=O) groups excluding carboxylic acids is 5. The highest BCUT2D eigenvalue weighted by atomic mass is 16.5. The smallest absolute Gasteiger partial charge is 0.325 e. The second-order valence-corrected chi connectivity index (χ2v) is 7.45. The van der Waals surface area contributed by atoms with Crippen molar-refractivity contribution in [3.05, 3.63) is 11.6 Å². The van der Waals surface area contributed by atoms with Crippen molar-refractivity contribution >= 4 is 29.7 Å². The minimum Gasteiger partial charge on any atom is -0.349 e. The van der Waals surface area contributed by atoms with E-state index < -0.39 is 41.4 Å². The Labute approximate surface area is 174 Å². The van der Waals surface area contributed by atoms with Gasteiger partial charge in [-0.1, -0.05) is 6.08 Å². The first-order chi connectivity index (χ1) is 14.3. The third kappa shape index (κ3) is 4.02. The number of methoxy groups -OCH3 is 1. The van der Waals surface area contributed by atoms with Crippen LogP contribution in [0.4, 0.5) is 4.79 Å². The number of rotatable bonds is 6. The molecule has 2 saturated heterocycles. The van der Waals surface area contributed by atoms with Crippen LogP contribution in [-0.4, -0.2) is 84.5 Å². The van der Waals surface area contributed by atoms with Gasteiger partial charge in [-0.15, -0.1) is 0 Å². The van der Waals surface area contributed by atoms with E-state index in [1.165, 1.54) is 12.0 Å². The standard InChI is InChI=1S/C19H27N5O6/c1-3-23-9-10-24(16(27)15(23)26)18(29)21-13(12-7-5-4-6-8-12)14(25)22-19(30-2)11-20-17(19)28/h7,13H,3-6,8-11H2,1-2H3,(H,20,28)(H,21,29)(H,22,25). The number of amides is 6. The summed E-state index contributed by atoms with van der Waals surface area (Å²) in [7, 11) is 1.31. The molecule has 2 heterocycles. The molecule has 0 aromatic rings. The lowest BCUT2D eigenvalue weighted by atomic mass is 9.92. The first-order valence-electron chi connectivity index (χ1n) is 10.1. The first kappa shape index (κ1) is 21.8. The highest BCUT2D eigenvalue weighted by molar-refractivity contribution is 6.38. The molecule has 2 atom stereocenters. The van der Waals surface area contributed by atoms with Gasteiger partial charge in [0.1, 0.15) is 6.04 Å². The minimum absolute atomic E-state index is 0.0437. The number of imide groups is 1. The summed E-state index contributed by atoms with van der Waals surface area (Å²) in [5.41, 5.74) is -0.780. The topological polar surface area (TPSA) is 137 Å². The third-order valence-corrected chi connectivity index (χ3v) is 5.70. The fourth-order valence-electron chi connectivity index (χ4n) is 3.73. The molecule has 3 aliphatic rings. The van der Waals surface area contributed by atoms with Crippen molar-refractivity contribution in [2.24, 2.45) is 0 Å². The van der Waals surface area contributed by atoms with Crippen molar-refractivity contribution in [2.75, 3.05) is 33.3 Å². The van der Waals surface area contributed by atoms with Crippen LogP contribution in [0.25, 0.3) is 0 Å². The molecule has 0 bridgehead atoms. The van der Waals surface area contributed by atoms with Gasteiger partial charge in [0, 0.05) is 26.7 Å². The zero-order valence-electron chi connectivity index (χ0n) is 17.2. The average molecular weight is 421 g/mol. The fourth-order valence-corrected chi connectivity index (χ4v) is 3.73. The highest BCUT2D eigenvalue weighted by Crippen LogP contribution is 2.22. The number of hydrogen-bond donors (Lipinski definition) is 3. The van der Waals surface area contributed by atoms with E-state index in [-0.39, 0.29) is 19.6 Å². The molecular formula is C19H27N5O6. The Morgan fingerprint density at radius 1 is 1.23 bits per heavy atom. The van der Waals surface area contributed by atoms with Gasteiger partial charge in [0.15, 0.2) is 0 Å². The normalized spacial score (nSPS) is 25.1. The van der Waals surface area contributed by atoms with Crippen molar-refractivity contribution in [1.29, 1.82) is 0 Å². The lowest BCUT2D eigenvalue weighted by molar-refractivity contribution is -0.166. The van der Waals surface area contributed by atoms with E-state index in [0.717, 1.165) is 24.2 Å². The second kappa shape index (κ2) is 8.82. The van der Waals surface area contributed by atoms with Crippen LogP contribution in [0.15, 0.2) is 11.6 Å². The molecule has 0 spiro atoms. The zero-order chi connectivity index (χ0) is 21.9. The van der Waals surface area contributed by atoms with E-state index in [1.807, 2.05) is 6.08 Å². The zero-order valence-corrected chi connectivity index (χ0v) is 17.2. The number of likely N-dealkylation sites (N-methyl/N-ethyl adjacent to an activating group) is 1. The molecule has 6 amide bonds. The van der Waals surface area contributed by atoms with Crippen LogP contribution in [0, 0.1) is 0 Å². The van der Waals surface area contributed by atoms with Crippen molar-refractivity contribution in [2.45, 2.75) is 44.4 Å². The lowest BCUT2D eigenvalue weighted by Crippen LogP contribution is -2.75. The van der Waals surface area contributed by atoms with Crippen LogP contribution in [0.5, 0.6) is 0 Å². The number of hydrogen-bond acceptors (Lipinski definition) is 6. The number of β-lactam (4-membered cyclic amide) rings is 1. The molecule has 3 rings (SSSR count). The van der Waals surface area contributed by atoms with Gasteiger partial charge in [-0.2, -0.15) is 0 Å². The Kier molecular flexibility index (Phi) is 6.40. The molecule has 2 fully saturated rings. The number of piperazine rings is 1. The molecule has 11 nitrogen and oxygen atoms in total. The predicted octanol–water partition coefficient (Wildman–Crippen LogP) is -1.16. The maximum absolute atomic E-state index is 13.0. The summed E-state index contributed by atoms with van der Waals surface area (Å²) in [5, 5.41) is 7.65. The van der Waals surface area contributed by atoms with Gasteiger partial charge in [-0.05, 0) is 38.2 Å². The molecule has 2 unspecified atom stereocenters. The number of urea groups is 1. The predicted molar refractivity (Wildman–Crippen MR) is 104 cm³/mol. The molecular weight excluding hydrogens is 394 g/mol. The van der Waals surface area contributed by atoms with Crippen molar-refractivity contribution in [3.63, 3.8) is 0 Å². The van der Waals surface area contributed by atoms with Crippen LogP contribution in [0.1, 0.15) is 32.6 Å². The molecule has 1 aliphatic carbocycles. The quantitative estimate of drug-likeness (QED) is 0.214. The Hall–Kier alpha value is -2.95. The molecule has 0 saturated carbocycles. The molecule has 11 heteroatoms. The Bertz CT molecular complexity index is 792. The summed E-state index contributed by atoms with van der Waals surface area (Å²) in [5.74, 6) is -2.76. The average Bonchev–Trinajstić information content (AvgIpc) is 2.76. The van der Waals surface area contributed by atoms with E-state index in [0.29, 0.717) is 18.5 Å². The monoisotopic (exact) mass is 421 g/mol. The first-order valence-corrected chi connectivity index (χ1v) is 10.1. The molecule has 30 heavy (non-hydrogen) atoms. The Morgan fingerprint density at radius 3 is 2.53 bits per heavy atom. The van der Waals surface area contributed by atoms with Crippen molar-refractivity contribution < 1.29 is 28.7 Å². The molecule has 164 valence electrons. The van der Waals surface area contributed by atoms with Crippen LogP contribution in [-0.2, 0) is 23.9 Å². The fraction of sp³-hybridized carbons (Fsp3) is 0.632. The van der Waals surface area contributed by atoms with Crippen LogP contribution >= 0.6 is 0 Å². The van der Waals surface area contributed by atoms with Gasteiger partial charge >= 0.3 is 17.8 Å². The summed E-state index contributed by atoms with van der Waals surface area (Å²) >= 11 is 0. The summed E-state index contributed by atoms with van der Waals surface area (Å²) < 4.78 is 5.18. The molecule has 0 radical (unpaired) electrons. The number of nitrogens with one attached hydrogen (secondary N) is 3. The van der Waals surface area contributed by atoms with Crippen LogP contribution < -0.4 is 16.0 Å². The third-order valence-electron chi connectivity index (χ3n) is 5.70. The van der Waals surface area contributed by atoms with Gasteiger partial charge in [-0.3, -0.25) is 24.1 Å². The lowest BCUT2D eigenvalue weighted by Gasteiger charge is -2.40. The molecule has 3 N–H and O–H groups in total. The summed E-state index contributed by atoms with van der Waals surface area (Å²) in [6, 6.07) is -1.90.